The average Bonchev–Trinajstić information content (AvgIpc) is 4.01. The van der Waals surface area contributed by atoms with Crippen LogP contribution in [-0.4, -0.2) is 93.9 Å². The Morgan fingerprint density at radius 2 is 1.85 bits per heavy atom. The first-order chi connectivity index (χ1) is 22.7. The fourth-order valence-electron chi connectivity index (χ4n) is 6.58. The van der Waals surface area contributed by atoms with E-state index in [1.807, 2.05) is 24.3 Å². The Morgan fingerprint density at radius 3 is 2.57 bits per heavy atom. The van der Waals surface area contributed by atoms with Crippen molar-refractivity contribution < 1.29 is 32.3 Å². The van der Waals surface area contributed by atoms with Gasteiger partial charge in [-0.05, 0) is 80.8 Å². The summed E-state index contributed by atoms with van der Waals surface area (Å²) in [5, 5.41) is 15.4. The number of carbonyl (C=O) groups excluding carboxylic acids is 3. The molecular weight excluding hydrogens is 626 g/mol. The predicted molar refractivity (Wildman–Crippen MR) is 168 cm³/mol. The number of tetrazole rings is 1. The second kappa shape index (κ2) is 12.6. The van der Waals surface area contributed by atoms with Gasteiger partial charge >= 0.3 is 0 Å². The fraction of sp³-hybridized carbons (Fsp3) is 0.625. The number of allylic oxidation sites excluding steroid dienone is 1. The van der Waals surface area contributed by atoms with Crippen LogP contribution in [0, 0.1) is 5.92 Å². The number of benzene rings is 1. The average molecular weight is 668 g/mol. The minimum Gasteiger partial charge on any atom is -0.497 e. The van der Waals surface area contributed by atoms with E-state index in [0.29, 0.717) is 30.8 Å². The van der Waals surface area contributed by atoms with Crippen LogP contribution < -0.4 is 14.8 Å². The van der Waals surface area contributed by atoms with E-state index in [0.717, 1.165) is 44.1 Å². The van der Waals surface area contributed by atoms with Crippen LogP contribution in [0.2, 0.25) is 0 Å². The smallest absolute Gasteiger partial charge is 0.259 e. The third-order valence-electron chi connectivity index (χ3n) is 9.79. The molecule has 2 aliphatic heterocycles. The summed E-state index contributed by atoms with van der Waals surface area (Å²) in [5.74, 6) is -0.804. The van der Waals surface area contributed by atoms with Gasteiger partial charge in [0, 0.05) is 24.4 Å². The van der Waals surface area contributed by atoms with Gasteiger partial charge in [0.2, 0.25) is 21.8 Å². The normalized spacial score (nSPS) is 30.7. The van der Waals surface area contributed by atoms with Crippen LogP contribution in [0.25, 0.3) is 11.4 Å². The Hall–Kier alpha value is -3.85. The molecule has 3 amide bonds. The van der Waals surface area contributed by atoms with Crippen molar-refractivity contribution in [3.05, 3.63) is 36.4 Å². The fourth-order valence-corrected chi connectivity index (χ4v) is 7.94. The zero-order chi connectivity index (χ0) is 32.8. The maximum atomic E-state index is 14.2. The number of nitrogens with one attached hydrogen (secondary N) is 2. The summed E-state index contributed by atoms with van der Waals surface area (Å²) in [4.78, 5) is 44.9. The van der Waals surface area contributed by atoms with Gasteiger partial charge in [-0.1, -0.05) is 25.0 Å². The standard InChI is InChI=1S/C32H41N7O7S/c1-45-23-11-9-20(10-12-23)28-34-37-39(35-28)22-17-26-29(40)33-32(31(42)36-47(43,44)25-15-16-25)18-21(32)7-5-3-2-4-6-8-27(46-24-13-14-24)30(41)38(26)19-22/h5,7,9-12,21-22,24-27H,2-4,6,8,13-19H2,1H3,(H,33,40)(H,36,42)/b7-5+/t21?,22-,26+,27+,32-/m1/s1. The summed E-state index contributed by atoms with van der Waals surface area (Å²) in [6.07, 6.45) is 10.5. The topological polar surface area (TPSA) is 175 Å². The number of sulfonamides is 1. The molecule has 1 aromatic carbocycles. The van der Waals surface area contributed by atoms with Crippen LogP contribution in [0.4, 0.5) is 0 Å². The van der Waals surface area contributed by atoms with Crippen LogP contribution in [0.1, 0.15) is 76.7 Å². The molecule has 47 heavy (non-hydrogen) atoms. The molecular formula is C32H41N7O7S. The van der Waals surface area contributed by atoms with Gasteiger partial charge < -0.3 is 19.7 Å². The summed E-state index contributed by atoms with van der Waals surface area (Å²) < 4.78 is 39.1. The Bertz CT molecular complexity index is 1650. The van der Waals surface area contributed by atoms with Crippen LogP contribution in [0.15, 0.2) is 36.4 Å². The summed E-state index contributed by atoms with van der Waals surface area (Å²) in [5.41, 5.74) is -0.682. The van der Waals surface area contributed by atoms with Crippen molar-refractivity contribution in [3.8, 4) is 17.1 Å². The van der Waals surface area contributed by atoms with Gasteiger partial charge in [-0.25, -0.2) is 8.42 Å². The maximum absolute atomic E-state index is 14.2. The second-order valence-corrected chi connectivity index (χ2v) is 15.4. The van der Waals surface area contributed by atoms with E-state index in [2.05, 4.69) is 25.4 Å². The molecule has 0 radical (unpaired) electrons. The van der Waals surface area contributed by atoms with Crippen molar-refractivity contribution in [2.24, 2.45) is 5.92 Å². The Labute approximate surface area is 273 Å². The van der Waals surface area contributed by atoms with Gasteiger partial charge in [-0.2, -0.15) is 4.80 Å². The van der Waals surface area contributed by atoms with E-state index in [9.17, 15) is 22.8 Å². The lowest BCUT2D eigenvalue weighted by molar-refractivity contribution is -0.149. The molecule has 5 aliphatic rings. The van der Waals surface area contributed by atoms with E-state index in [1.165, 1.54) is 9.70 Å². The van der Waals surface area contributed by atoms with Crippen LogP contribution in [0.5, 0.6) is 5.75 Å². The van der Waals surface area contributed by atoms with E-state index >= 15 is 0 Å². The highest BCUT2D eigenvalue weighted by atomic mass is 32.2. The molecule has 1 saturated heterocycles. The first-order valence-electron chi connectivity index (χ1n) is 16.6. The van der Waals surface area contributed by atoms with E-state index in [-0.39, 0.29) is 37.3 Å². The number of amides is 3. The molecule has 7 rings (SSSR count). The maximum Gasteiger partial charge on any atom is 0.259 e. The Morgan fingerprint density at radius 1 is 1.06 bits per heavy atom. The molecule has 5 atom stereocenters. The largest absolute Gasteiger partial charge is 0.497 e. The van der Waals surface area contributed by atoms with Gasteiger partial charge in [0.1, 0.15) is 23.4 Å². The highest BCUT2D eigenvalue weighted by Gasteiger charge is 2.62. The van der Waals surface area contributed by atoms with Crippen molar-refractivity contribution in [2.45, 2.75) is 106 Å². The Kier molecular flexibility index (Phi) is 8.53. The summed E-state index contributed by atoms with van der Waals surface area (Å²) in [6, 6.07) is 5.83. The third-order valence-corrected chi connectivity index (χ3v) is 11.6. The predicted octanol–water partition coefficient (Wildman–Crippen LogP) is 2.04. The summed E-state index contributed by atoms with van der Waals surface area (Å²) >= 11 is 0. The molecule has 252 valence electrons. The van der Waals surface area contributed by atoms with Gasteiger partial charge in [-0.15, -0.1) is 10.2 Å². The van der Waals surface area contributed by atoms with E-state index < -0.39 is 50.8 Å². The number of ether oxygens (including phenoxy) is 2. The zero-order valence-electron chi connectivity index (χ0n) is 26.4. The van der Waals surface area contributed by atoms with Gasteiger partial charge in [0.15, 0.2) is 0 Å². The zero-order valence-corrected chi connectivity index (χ0v) is 27.2. The first-order valence-corrected chi connectivity index (χ1v) is 18.2. The molecule has 15 heteroatoms. The minimum absolute atomic E-state index is 0.0382. The molecule has 3 heterocycles. The number of fused-ring (bicyclic) bond motifs is 2. The number of nitrogens with zero attached hydrogens (tertiary/aromatic N) is 5. The lowest BCUT2D eigenvalue weighted by Crippen LogP contribution is -2.57. The second-order valence-electron chi connectivity index (χ2n) is 13.4. The molecule has 14 nitrogen and oxygen atoms in total. The number of aromatic nitrogens is 4. The van der Waals surface area contributed by atoms with Gasteiger partial charge in [0.25, 0.3) is 11.8 Å². The first kappa shape index (κ1) is 31.7. The lowest BCUT2D eigenvalue weighted by atomic mass is 10.1. The van der Waals surface area contributed by atoms with Gasteiger partial charge in [-0.3, -0.25) is 19.1 Å². The van der Waals surface area contributed by atoms with Crippen molar-refractivity contribution in [1.82, 2.24) is 35.1 Å². The van der Waals surface area contributed by atoms with Crippen molar-refractivity contribution in [2.75, 3.05) is 13.7 Å². The minimum atomic E-state index is -3.83. The molecule has 3 saturated carbocycles. The molecule has 1 aromatic heterocycles. The summed E-state index contributed by atoms with van der Waals surface area (Å²) in [7, 11) is -2.24. The highest BCUT2D eigenvalue weighted by Crippen LogP contribution is 2.46. The van der Waals surface area contributed by atoms with Crippen molar-refractivity contribution in [1.29, 1.82) is 0 Å². The monoisotopic (exact) mass is 667 g/mol. The number of rotatable bonds is 8. The van der Waals surface area contributed by atoms with E-state index in [4.69, 9.17) is 9.47 Å². The van der Waals surface area contributed by atoms with Crippen molar-refractivity contribution >= 4 is 27.7 Å². The summed E-state index contributed by atoms with van der Waals surface area (Å²) in [6.45, 7) is 0.151. The van der Waals surface area contributed by atoms with Crippen LogP contribution >= 0.6 is 0 Å². The quantitative estimate of drug-likeness (QED) is 0.397. The molecule has 3 aliphatic carbocycles. The molecule has 2 N–H and O–H groups in total. The lowest BCUT2D eigenvalue weighted by Gasteiger charge is -2.29. The third kappa shape index (κ3) is 6.77. The van der Waals surface area contributed by atoms with Crippen LogP contribution in [-0.2, 0) is 29.1 Å². The number of hydrogen-bond acceptors (Lipinski definition) is 10. The van der Waals surface area contributed by atoms with Crippen molar-refractivity contribution in [3.63, 3.8) is 0 Å². The molecule has 0 bridgehead atoms. The molecule has 2 aromatic rings. The van der Waals surface area contributed by atoms with Gasteiger partial charge in [0.05, 0.1) is 24.5 Å². The number of methoxy groups -OCH3 is 1. The number of hydrogen-bond donors (Lipinski definition) is 2. The van der Waals surface area contributed by atoms with E-state index in [1.54, 1.807) is 19.2 Å². The molecule has 1 unspecified atom stereocenters. The molecule has 0 spiro atoms. The van der Waals surface area contributed by atoms with Crippen LogP contribution in [0.3, 0.4) is 0 Å². The molecule has 4 fully saturated rings. The highest BCUT2D eigenvalue weighted by molar-refractivity contribution is 7.91. The Balaban J connectivity index is 1.17. The number of carbonyl (C=O) groups is 3. The SMILES string of the molecule is COc1ccc(-c2nnn([C@@H]3C[C@H]4C(=O)N[C@]5(C(=O)NS(=O)(=O)C6CC6)CC5/C=C/CCCCC[C@H](OC5CC5)C(=O)N4C3)n2)cc1.